The normalized spacial score (nSPS) is 12.1. The number of rotatable bonds is 8. The lowest BCUT2D eigenvalue weighted by Gasteiger charge is -2.12. The molecule has 3 N–H and O–H groups in total. The van der Waals surface area contributed by atoms with E-state index in [2.05, 4.69) is 6.58 Å². The fourth-order valence-electron chi connectivity index (χ4n) is 2.95. The summed E-state index contributed by atoms with van der Waals surface area (Å²) in [5.41, 5.74) is 8.28. The molecular weight excluding hydrogens is 330 g/mol. The molecule has 3 aromatic rings. The predicted octanol–water partition coefficient (Wildman–Crippen LogP) is 2.15. The number of hydrogen-bond acceptors (Lipinski definition) is 4. The zero-order valence-electron chi connectivity index (χ0n) is 14.8. The fraction of sp³-hybridized carbons (Fsp3) is 0.250. The van der Waals surface area contributed by atoms with Crippen LogP contribution in [0.3, 0.4) is 0 Å². The quantitative estimate of drug-likeness (QED) is 0.480. The summed E-state index contributed by atoms with van der Waals surface area (Å²) >= 11 is 0. The third kappa shape index (κ3) is 3.65. The molecule has 0 aliphatic heterocycles. The molecule has 1 atom stereocenters. The molecule has 0 fully saturated rings. The molecule has 0 saturated carbocycles. The van der Waals surface area contributed by atoms with Crippen molar-refractivity contribution in [2.45, 2.75) is 19.2 Å². The maximum absolute atomic E-state index is 10.4. The second-order valence-electron chi connectivity index (χ2n) is 6.00. The van der Waals surface area contributed by atoms with Crippen molar-refractivity contribution in [3.63, 3.8) is 0 Å². The summed E-state index contributed by atoms with van der Waals surface area (Å²) < 4.78 is 14.7. The van der Waals surface area contributed by atoms with Crippen molar-refractivity contribution in [3.8, 4) is 11.5 Å². The lowest BCUT2D eigenvalue weighted by molar-refractivity contribution is -0.665. The van der Waals surface area contributed by atoms with Crippen molar-refractivity contribution in [3.05, 3.63) is 61.2 Å². The number of methoxy groups -OCH3 is 1. The molecule has 1 aromatic heterocycles. The first-order valence-corrected chi connectivity index (χ1v) is 8.46. The highest BCUT2D eigenvalue weighted by Gasteiger charge is 2.22. The van der Waals surface area contributed by atoms with Crippen LogP contribution in [0.15, 0.2) is 61.2 Å². The number of hydrogen-bond donors (Lipinski definition) is 2. The third-order valence-electron chi connectivity index (χ3n) is 4.22. The Balaban J connectivity index is 1.73. The summed E-state index contributed by atoms with van der Waals surface area (Å²) in [6.45, 7) is 4.90. The van der Waals surface area contributed by atoms with Gasteiger partial charge >= 0.3 is 5.95 Å². The summed E-state index contributed by atoms with van der Waals surface area (Å²) in [7, 11) is 1.62. The lowest BCUT2D eigenvalue weighted by atomic mass is 10.3. The van der Waals surface area contributed by atoms with Crippen molar-refractivity contribution in [1.29, 1.82) is 0 Å². The fourth-order valence-corrected chi connectivity index (χ4v) is 2.95. The molecule has 0 aliphatic carbocycles. The number of nitrogens with zero attached hydrogens (tertiary/aromatic N) is 2. The van der Waals surface area contributed by atoms with Crippen LogP contribution in [0, 0.1) is 0 Å². The van der Waals surface area contributed by atoms with Crippen LogP contribution in [0.1, 0.15) is 0 Å². The van der Waals surface area contributed by atoms with Gasteiger partial charge in [0.2, 0.25) is 0 Å². The number of para-hydroxylation sites is 2. The lowest BCUT2D eigenvalue weighted by Crippen LogP contribution is -2.43. The Bertz CT molecular complexity index is 887. The van der Waals surface area contributed by atoms with Crippen LogP contribution in [0.5, 0.6) is 11.5 Å². The molecule has 2 aromatic carbocycles. The smallest absolute Gasteiger partial charge is 0.356 e. The number of aliphatic hydroxyl groups excluding tert-OH is 1. The minimum absolute atomic E-state index is 0.166. The standard InChI is InChI=1S/C20H23N3O3/c1-3-12-22-18-6-4-5-7-19(18)23(20(22)21)13-15(24)14-26-17-10-8-16(25-2)9-11-17/h3-11,15,21,24H,1,12-14H2,2H3/p+1. The van der Waals surface area contributed by atoms with Crippen LogP contribution in [0.25, 0.3) is 11.0 Å². The molecule has 0 amide bonds. The van der Waals surface area contributed by atoms with Crippen molar-refractivity contribution >= 4 is 17.0 Å². The zero-order valence-corrected chi connectivity index (χ0v) is 14.8. The molecule has 136 valence electrons. The van der Waals surface area contributed by atoms with Gasteiger partial charge in [-0.2, -0.15) is 0 Å². The van der Waals surface area contributed by atoms with Gasteiger partial charge in [-0.15, -0.1) is 0 Å². The van der Waals surface area contributed by atoms with E-state index in [1.807, 2.05) is 57.7 Å². The number of imidazole rings is 1. The number of benzene rings is 2. The third-order valence-corrected chi connectivity index (χ3v) is 4.22. The van der Waals surface area contributed by atoms with E-state index in [9.17, 15) is 5.11 Å². The minimum Gasteiger partial charge on any atom is -0.497 e. The molecular formula is C20H24N3O3+. The highest BCUT2D eigenvalue weighted by molar-refractivity contribution is 5.73. The Morgan fingerprint density at radius 3 is 2.58 bits per heavy atom. The van der Waals surface area contributed by atoms with Gasteiger partial charge in [0.25, 0.3) is 0 Å². The number of nitrogens with two attached hydrogens (primary N) is 1. The zero-order chi connectivity index (χ0) is 18.5. The molecule has 0 bridgehead atoms. The molecule has 0 saturated heterocycles. The molecule has 0 radical (unpaired) electrons. The number of aliphatic hydroxyl groups is 1. The highest BCUT2D eigenvalue weighted by Crippen LogP contribution is 2.18. The van der Waals surface area contributed by atoms with Crippen LogP contribution >= 0.6 is 0 Å². The Morgan fingerprint density at radius 2 is 1.88 bits per heavy atom. The average molecular weight is 354 g/mol. The van der Waals surface area contributed by atoms with Gasteiger partial charge in [-0.25, -0.2) is 9.13 Å². The second-order valence-corrected chi connectivity index (χ2v) is 6.00. The molecule has 3 rings (SSSR count). The van der Waals surface area contributed by atoms with Gasteiger partial charge < -0.3 is 14.6 Å². The topological polar surface area (TPSA) is 73.5 Å². The van der Waals surface area contributed by atoms with Gasteiger partial charge in [-0.3, -0.25) is 5.73 Å². The molecule has 0 spiro atoms. The molecule has 26 heavy (non-hydrogen) atoms. The number of nitrogen functional groups attached to an aromatic ring is 1. The van der Waals surface area contributed by atoms with E-state index in [1.54, 1.807) is 13.2 Å². The highest BCUT2D eigenvalue weighted by atomic mass is 16.5. The molecule has 6 nitrogen and oxygen atoms in total. The first-order chi connectivity index (χ1) is 12.6. The predicted molar refractivity (Wildman–Crippen MR) is 101 cm³/mol. The first-order valence-electron chi connectivity index (χ1n) is 8.46. The minimum atomic E-state index is -0.701. The van der Waals surface area contributed by atoms with Crippen LogP contribution in [-0.2, 0) is 13.1 Å². The van der Waals surface area contributed by atoms with Gasteiger partial charge in [0.1, 0.15) is 41.8 Å². The molecule has 0 aliphatic rings. The molecule has 1 heterocycles. The van der Waals surface area contributed by atoms with Crippen LogP contribution < -0.4 is 19.8 Å². The molecule has 1 unspecified atom stereocenters. The monoisotopic (exact) mass is 354 g/mol. The van der Waals surface area contributed by atoms with Crippen LogP contribution in [0.4, 0.5) is 5.95 Å². The van der Waals surface area contributed by atoms with E-state index in [4.69, 9.17) is 15.2 Å². The Morgan fingerprint density at radius 1 is 1.19 bits per heavy atom. The van der Waals surface area contributed by atoms with Crippen LogP contribution in [-0.4, -0.2) is 29.5 Å². The summed E-state index contributed by atoms with van der Waals surface area (Å²) in [5.74, 6) is 2.02. The second kappa shape index (κ2) is 7.93. The summed E-state index contributed by atoms with van der Waals surface area (Å²) in [6.07, 6.45) is 1.10. The maximum atomic E-state index is 10.4. The van der Waals surface area contributed by atoms with Crippen molar-refractivity contribution in [2.24, 2.45) is 0 Å². The number of fused-ring (bicyclic) bond motifs is 1. The summed E-state index contributed by atoms with van der Waals surface area (Å²) in [6, 6.07) is 15.2. The van der Waals surface area contributed by atoms with Gasteiger partial charge in [0.15, 0.2) is 0 Å². The Hall–Kier alpha value is -2.99. The van der Waals surface area contributed by atoms with Crippen molar-refractivity contribution < 1.29 is 19.1 Å². The van der Waals surface area contributed by atoms with E-state index < -0.39 is 6.10 Å². The van der Waals surface area contributed by atoms with Crippen molar-refractivity contribution in [2.75, 3.05) is 19.5 Å². The number of ether oxygens (including phenoxy) is 2. The average Bonchev–Trinajstić information content (AvgIpc) is 2.93. The van der Waals surface area contributed by atoms with E-state index in [0.29, 0.717) is 24.8 Å². The van der Waals surface area contributed by atoms with E-state index in [-0.39, 0.29) is 6.61 Å². The van der Waals surface area contributed by atoms with E-state index in [0.717, 1.165) is 16.8 Å². The number of allylic oxidation sites excluding steroid dienone is 1. The van der Waals surface area contributed by atoms with E-state index in [1.165, 1.54) is 0 Å². The van der Waals surface area contributed by atoms with Crippen molar-refractivity contribution in [1.82, 2.24) is 4.57 Å². The van der Waals surface area contributed by atoms with Gasteiger partial charge in [-0.1, -0.05) is 24.8 Å². The van der Waals surface area contributed by atoms with Gasteiger partial charge in [0, 0.05) is 0 Å². The van der Waals surface area contributed by atoms with Gasteiger partial charge in [0.05, 0.1) is 13.7 Å². The SMILES string of the molecule is C=CCn1c(N)[n+](CC(O)COc2ccc(OC)cc2)c2ccccc21. The van der Waals surface area contributed by atoms with Gasteiger partial charge in [-0.05, 0) is 36.4 Å². The van der Waals surface area contributed by atoms with E-state index >= 15 is 0 Å². The maximum Gasteiger partial charge on any atom is 0.356 e. The van der Waals surface area contributed by atoms with Crippen LogP contribution in [0.2, 0.25) is 0 Å². The summed E-state index contributed by atoms with van der Waals surface area (Å²) in [4.78, 5) is 0. The molecule has 6 heteroatoms. The largest absolute Gasteiger partial charge is 0.497 e. The number of anilines is 1. The number of aromatic nitrogens is 2. The summed E-state index contributed by atoms with van der Waals surface area (Å²) in [5, 5.41) is 10.4. The first kappa shape index (κ1) is 17.8. The Labute approximate surface area is 152 Å². The Kier molecular flexibility index (Phi) is 5.43.